The number of amides is 2. The molecule has 2 heterocycles. The highest BCUT2D eigenvalue weighted by Gasteiger charge is 2.09. The van der Waals surface area contributed by atoms with Crippen molar-refractivity contribution in [3.8, 4) is 0 Å². The molecule has 28 heavy (non-hydrogen) atoms. The molecule has 0 saturated heterocycles. The van der Waals surface area contributed by atoms with Crippen LogP contribution in [0.15, 0.2) is 40.8 Å². The molecule has 0 aliphatic heterocycles. The zero-order chi connectivity index (χ0) is 20.1. The van der Waals surface area contributed by atoms with Gasteiger partial charge in [0, 0.05) is 18.7 Å². The second-order valence-electron chi connectivity index (χ2n) is 6.40. The number of hydrogen-bond acceptors (Lipinski definition) is 6. The van der Waals surface area contributed by atoms with E-state index in [1.165, 1.54) is 22.2 Å². The molecule has 3 aromatic rings. The van der Waals surface area contributed by atoms with Crippen LogP contribution in [0, 0.1) is 13.8 Å². The lowest BCUT2D eigenvalue weighted by atomic mass is 10.1. The first-order valence-corrected chi connectivity index (χ1v) is 9.63. The lowest BCUT2D eigenvalue weighted by molar-refractivity contribution is -0.128. The fraction of sp³-hybridized carbons (Fsp3) is 0.263. The molecule has 146 valence electrons. The summed E-state index contributed by atoms with van der Waals surface area (Å²) < 4.78 is 1.39. The van der Waals surface area contributed by atoms with E-state index in [-0.39, 0.29) is 31.0 Å². The van der Waals surface area contributed by atoms with Crippen molar-refractivity contribution in [2.45, 2.75) is 26.8 Å². The van der Waals surface area contributed by atoms with Crippen LogP contribution >= 0.6 is 11.3 Å². The van der Waals surface area contributed by atoms with Crippen molar-refractivity contribution >= 4 is 39.1 Å². The average molecular weight is 399 g/mol. The van der Waals surface area contributed by atoms with Gasteiger partial charge in [0.2, 0.25) is 5.91 Å². The second kappa shape index (κ2) is 8.66. The monoisotopic (exact) mass is 399 g/mol. The Balaban J connectivity index is 1.44. The molecule has 1 aromatic carbocycles. The molecule has 0 aliphatic carbocycles. The minimum Gasteiger partial charge on any atom is -0.376 e. The summed E-state index contributed by atoms with van der Waals surface area (Å²) in [6, 6.07) is 7.60. The number of hydrazine groups is 1. The number of benzene rings is 1. The molecule has 0 spiro atoms. The first-order chi connectivity index (χ1) is 13.4. The van der Waals surface area contributed by atoms with E-state index in [4.69, 9.17) is 0 Å². The number of hydrogen-bond donors (Lipinski definition) is 3. The van der Waals surface area contributed by atoms with E-state index in [2.05, 4.69) is 21.2 Å². The smallest absolute Gasteiger partial charge is 0.262 e. The fourth-order valence-electron chi connectivity index (χ4n) is 2.71. The maximum Gasteiger partial charge on any atom is 0.262 e. The summed E-state index contributed by atoms with van der Waals surface area (Å²) in [6.07, 6.45) is 1.48. The summed E-state index contributed by atoms with van der Waals surface area (Å²) in [5.41, 5.74) is 7.58. The molecule has 9 heteroatoms. The second-order valence-corrected chi connectivity index (χ2v) is 7.30. The molecule has 2 aromatic heterocycles. The van der Waals surface area contributed by atoms with Gasteiger partial charge in [-0.25, -0.2) is 4.98 Å². The Hall–Kier alpha value is -3.20. The number of thiophene rings is 1. The van der Waals surface area contributed by atoms with Crippen LogP contribution in [-0.4, -0.2) is 27.9 Å². The Morgan fingerprint density at radius 2 is 1.93 bits per heavy atom. The van der Waals surface area contributed by atoms with E-state index in [1.54, 1.807) is 11.4 Å². The molecule has 3 N–H and O–H groups in total. The van der Waals surface area contributed by atoms with Crippen molar-refractivity contribution in [1.29, 1.82) is 0 Å². The van der Waals surface area contributed by atoms with Crippen LogP contribution in [0.2, 0.25) is 0 Å². The normalized spacial score (nSPS) is 10.6. The number of anilines is 1. The maximum atomic E-state index is 12.3. The van der Waals surface area contributed by atoms with Crippen LogP contribution in [0.5, 0.6) is 0 Å². The summed E-state index contributed by atoms with van der Waals surface area (Å²) in [5.74, 6) is -0.760. The zero-order valence-corrected chi connectivity index (χ0v) is 16.4. The first-order valence-electron chi connectivity index (χ1n) is 8.75. The third kappa shape index (κ3) is 4.74. The van der Waals surface area contributed by atoms with Gasteiger partial charge in [0.05, 0.1) is 18.3 Å². The zero-order valence-electron chi connectivity index (χ0n) is 15.6. The van der Waals surface area contributed by atoms with Crippen molar-refractivity contribution in [1.82, 2.24) is 20.4 Å². The number of nitrogens with zero attached hydrogens (tertiary/aromatic N) is 2. The number of aryl methyl sites for hydroxylation is 3. The topological polar surface area (TPSA) is 105 Å². The van der Waals surface area contributed by atoms with Crippen molar-refractivity contribution < 1.29 is 9.59 Å². The standard InChI is InChI=1S/C19H21N5O3S/c1-12-3-4-15(13(2)9-12)20-10-17(26)23-22-16(25)5-7-24-11-21-18-14(19(24)27)6-8-28-18/h3-4,6,8-9,11,20H,5,7,10H2,1-2H3,(H,22,25)(H,23,26). The van der Waals surface area contributed by atoms with Gasteiger partial charge in [-0.05, 0) is 36.9 Å². The summed E-state index contributed by atoms with van der Waals surface area (Å²) >= 11 is 1.39. The Morgan fingerprint density at radius 1 is 1.14 bits per heavy atom. The highest BCUT2D eigenvalue weighted by Crippen LogP contribution is 2.15. The van der Waals surface area contributed by atoms with Crippen LogP contribution in [0.25, 0.3) is 10.2 Å². The highest BCUT2D eigenvalue weighted by molar-refractivity contribution is 7.16. The fourth-order valence-corrected chi connectivity index (χ4v) is 3.43. The van der Waals surface area contributed by atoms with Gasteiger partial charge in [-0.15, -0.1) is 11.3 Å². The molecule has 0 atom stereocenters. The van der Waals surface area contributed by atoms with Crippen molar-refractivity contribution in [3.05, 3.63) is 57.5 Å². The Labute approximate surface area is 165 Å². The van der Waals surface area contributed by atoms with Crippen LogP contribution in [0.3, 0.4) is 0 Å². The van der Waals surface area contributed by atoms with Gasteiger partial charge in [-0.2, -0.15) is 0 Å². The molecule has 0 saturated carbocycles. The summed E-state index contributed by atoms with van der Waals surface area (Å²) in [4.78, 5) is 40.9. The van der Waals surface area contributed by atoms with E-state index in [0.29, 0.717) is 10.2 Å². The molecular weight excluding hydrogens is 378 g/mol. The Bertz CT molecular complexity index is 1070. The third-order valence-corrected chi connectivity index (χ3v) is 5.01. The summed E-state index contributed by atoms with van der Waals surface area (Å²) in [5, 5.41) is 5.37. The Morgan fingerprint density at radius 3 is 2.71 bits per heavy atom. The highest BCUT2D eigenvalue weighted by atomic mass is 32.1. The van der Waals surface area contributed by atoms with Gasteiger partial charge in [0.25, 0.3) is 11.5 Å². The predicted molar refractivity (Wildman–Crippen MR) is 109 cm³/mol. The maximum absolute atomic E-state index is 12.3. The van der Waals surface area contributed by atoms with Gasteiger partial charge in [0.1, 0.15) is 4.83 Å². The SMILES string of the molecule is Cc1ccc(NCC(=O)NNC(=O)CCn2cnc3sccc3c2=O)c(C)c1. The lowest BCUT2D eigenvalue weighted by Gasteiger charge is -2.11. The van der Waals surface area contributed by atoms with Crippen molar-refractivity contribution in [2.75, 3.05) is 11.9 Å². The van der Waals surface area contributed by atoms with Crippen LogP contribution in [-0.2, 0) is 16.1 Å². The minimum absolute atomic E-state index is 0.0301. The third-order valence-electron chi connectivity index (χ3n) is 4.19. The summed E-state index contributed by atoms with van der Waals surface area (Å²) in [7, 11) is 0. The summed E-state index contributed by atoms with van der Waals surface area (Å²) in [6.45, 7) is 4.17. The van der Waals surface area contributed by atoms with E-state index in [0.717, 1.165) is 16.8 Å². The molecule has 0 fully saturated rings. The average Bonchev–Trinajstić information content (AvgIpc) is 3.15. The van der Waals surface area contributed by atoms with Gasteiger partial charge in [-0.3, -0.25) is 29.8 Å². The number of rotatable bonds is 6. The molecule has 3 rings (SSSR count). The number of carbonyl (C=O) groups is 2. The van der Waals surface area contributed by atoms with Gasteiger partial charge < -0.3 is 5.32 Å². The number of carbonyl (C=O) groups excluding carboxylic acids is 2. The van der Waals surface area contributed by atoms with Crippen LogP contribution in [0.1, 0.15) is 17.5 Å². The van der Waals surface area contributed by atoms with Gasteiger partial charge in [-0.1, -0.05) is 17.7 Å². The van der Waals surface area contributed by atoms with E-state index < -0.39 is 5.91 Å². The minimum atomic E-state index is -0.391. The molecule has 0 unspecified atom stereocenters. The van der Waals surface area contributed by atoms with Crippen LogP contribution < -0.4 is 21.7 Å². The molecule has 2 amide bonds. The van der Waals surface area contributed by atoms with E-state index >= 15 is 0 Å². The van der Waals surface area contributed by atoms with E-state index in [9.17, 15) is 14.4 Å². The number of fused-ring (bicyclic) bond motifs is 1. The number of aromatic nitrogens is 2. The number of nitrogens with one attached hydrogen (secondary N) is 3. The molecule has 0 radical (unpaired) electrons. The predicted octanol–water partition coefficient (Wildman–Crippen LogP) is 1.72. The molecule has 0 bridgehead atoms. The lowest BCUT2D eigenvalue weighted by Crippen LogP contribution is -2.44. The van der Waals surface area contributed by atoms with Crippen molar-refractivity contribution in [3.63, 3.8) is 0 Å². The Kier molecular flexibility index (Phi) is 6.05. The van der Waals surface area contributed by atoms with Gasteiger partial charge in [0.15, 0.2) is 0 Å². The first kappa shape index (κ1) is 19.6. The van der Waals surface area contributed by atoms with E-state index in [1.807, 2.05) is 32.0 Å². The van der Waals surface area contributed by atoms with Crippen molar-refractivity contribution in [2.24, 2.45) is 0 Å². The molecule has 8 nitrogen and oxygen atoms in total. The molecular formula is C19H21N5O3S. The van der Waals surface area contributed by atoms with Gasteiger partial charge >= 0.3 is 0 Å². The quantitative estimate of drug-likeness (QED) is 0.548. The molecule has 0 aliphatic rings. The largest absolute Gasteiger partial charge is 0.376 e. The van der Waals surface area contributed by atoms with Crippen LogP contribution in [0.4, 0.5) is 5.69 Å².